The Balaban J connectivity index is 0.000000300. The van der Waals surface area contributed by atoms with E-state index in [1.54, 1.807) is 63.2 Å². The number of phenolic OH excluding ortho intramolecular Hbond substituents is 2. The molecule has 2 aliphatic carbocycles. The topological polar surface area (TPSA) is 418 Å². The highest BCUT2D eigenvalue weighted by molar-refractivity contribution is 6.74. The Kier molecular flexibility index (Phi) is 51.6. The van der Waals surface area contributed by atoms with Crippen LogP contribution >= 0.6 is 0 Å². The van der Waals surface area contributed by atoms with E-state index in [1.807, 2.05) is 214 Å². The average molecular weight is 1990 g/mol. The minimum Gasteiger partial charge on any atom is -0.508 e. The number of carbonyl (C=O) groups excluding carboxylic acids is 6. The van der Waals surface area contributed by atoms with Crippen molar-refractivity contribution in [3.05, 3.63) is 298 Å². The van der Waals surface area contributed by atoms with Gasteiger partial charge in [-0.1, -0.05) is 234 Å². The minimum atomic E-state index is -1.59. The number of aliphatic hydroxyl groups excluding tert-OH is 5. The lowest BCUT2D eigenvalue weighted by atomic mass is 9.98. The molecule has 6 amide bonds. The predicted molar refractivity (Wildman–Crippen MR) is 560 cm³/mol. The highest BCUT2D eigenvalue weighted by atomic mass is 28.4. The maximum absolute atomic E-state index is 12.3. The third-order valence-corrected chi connectivity index (χ3v) is 25.7. The van der Waals surface area contributed by atoms with Crippen LogP contribution in [0.25, 0.3) is 22.3 Å². The number of para-hydroxylation sites is 6. The first-order chi connectivity index (χ1) is 67.5. The van der Waals surface area contributed by atoms with E-state index in [2.05, 4.69) is 114 Å². The van der Waals surface area contributed by atoms with Crippen LogP contribution in [0.2, 0.25) is 18.1 Å². The number of phenols is 2. The molecule has 30 nitrogen and oxygen atoms in total. The zero-order valence-electron chi connectivity index (χ0n) is 85.2. The van der Waals surface area contributed by atoms with Gasteiger partial charge in [0.1, 0.15) is 96.5 Å². The molecule has 0 atom stereocenters. The lowest BCUT2D eigenvalue weighted by Crippen LogP contribution is -2.41. The molecule has 0 saturated heterocycles. The van der Waals surface area contributed by atoms with Crippen LogP contribution in [-0.2, 0) is 71.7 Å². The molecule has 10 aromatic rings. The number of nitrogens with one attached hydrogen (secondary N) is 6. The van der Waals surface area contributed by atoms with Gasteiger partial charge in [-0.25, -0.2) is 28.8 Å². The maximum atomic E-state index is 12.3. The summed E-state index contributed by atoms with van der Waals surface area (Å²) >= 11 is 0. The maximum Gasteiger partial charge on any atom is 0.407 e. The minimum absolute atomic E-state index is 0. The van der Waals surface area contributed by atoms with Crippen molar-refractivity contribution in [3.8, 4) is 56.8 Å². The molecule has 0 aromatic heterocycles. The van der Waals surface area contributed by atoms with Gasteiger partial charge in [0, 0.05) is 67.8 Å². The average Bonchev–Trinajstić information content (AvgIpc) is 1.62. The van der Waals surface area contributed by atoms with Crippen molar-refractivity contribution in [1.82, 2.24) is 31.9 Å². The lowest BCUT2D eigenvalue weighted by Gasteiger charge is -2.35. The van der Waals surface area contributed by atoms with Gasteiger partial charge >= 0.3 is 36.6 Å². The highest BCUT2D eigenvalue weighted by Gasteiger charge is 2.37. The number of hydrogen-bond acceptors (Lipinski definition) is 24. The summed E-state index contributed by atoms with van der Waals surface area (Å²) in [7, 11) is -1.59. The van der Waals surface area contributed by atoms with Gasteiger partial charge < -0.3 is 119 Å². The Bertz CT molecular complexity index is 5400. The molecule has 31 heteroatoms. The molecule has 778 valence electrons. The molecule has 143 heavy (non-hydrogen) atoms. The Hall–Kier alpha value is -13.4. The summed E-state index contributed by atoms with van der Waals surface area (Å²) in [6.07, 6.45) is -0.882. The first-order valence-corrected chi connectivity index (χ1v) is 50.5. The van der Waals surface area contributed by atoms with Crippen LogP contribution in [0.15, 0.2) is 243 Å². The summed E-state index contributed by atoms with van der Waals surface area (Å²) in [4.78, 5) is 70.3. The van der Waals surface area contributed by atoms with Crippen LogP contribution in [0.3, 0.4) is 0 Å². The largest absolute Gasteiger partial charge is 0.508 e. The van der Waals surface area contributed by atoms with Crippen LogP contribution in [-0.4, -0.2) is 202 Å². The molecule has 0 bridgehead atoms. The Morgan fingerprint density at radius 2 is 0.517 bits per heavy atom. The van der Waals surface area contributed by atoms with Gasteiger partial charge in [-0.15, -0.1) is 0 Å². The fraction of sp³-hybridized carbons (Fsp3) is 0.411. The van der Waals surface area contributed by atoms with Gasteiger partial charge in [-0.2, -0.15) is 0 Å². The van der Waals surface area contributed by atoms with Crippen molar-refractivity contribution in [2.75, 3.05) is 98.9 Å². The Morgan fingerprint density at radius 1 is 0.287 bits per heavy atom. The summed E-state index contributed by atoms with van der Waals surface area (Å²) in [6, 6.07) is 76.9. The van der Waals surface area contributed by atoms with E-state index in [-0.39, 0.29) is 115 Å². The van der Waals surface area contributed by atoms with Crippen molar-refractivity contribution in [3.63, 3.8) is 0 Å². The second-order valence-corrected chi connectivity index (χ2v) is 42.9. The summed E-state index contributed by atoms with van der Waals surface area (Å²) in [5, 5.41) is 79.4. The molecule has 2 aliphatic rings. The van der Waals surface area contributed by atoms with Crippen molar-refractivity contribution in [2.24, 2.45) is 0 Å². The number of benzene rings is 10. The second-order valence-electron chi connectivity index (χ2n) is 38.1. The van der Waals surface area contributed by atoms with Crippen molar-refractivity contribution >= 4 is 44.9 Å². The Morgan fingerprint density at radius 3 is 0.818 bits per heavy atom. The fourth-order valence-corrected chi connectivity index (χ4v) is 14.8. The van der Waals surface area contributed by atoms with E-state index in [0.29, 0.717) is 75.7 Å². The van der Waals surface area contributed by atoms with Crippen LogP contribution in [0.4, 0.5) is 28.8 Å². The van der Waals surface area contributed by atoms with E-state index in [9.17, 15) is 39.0 Å². The van der Waals surface area contributed by atoms with E-state index < -0.39 is 67.3 Å². The van der Waals surface area contributed by atoms with Gasteiger partial charge in [-0.05, 0) is 218 Å². The number of alkyl carbamates (subject to hydrolysis) is 6. The molecule has 12 rings (SSSR count). The van der Waals surface area contributed by atoms with E-state index in [0.717, 1.165) is 39.3 Å². The molecule has 0 unspecified atom stereocenters. The number of ether oxygens (including phenoxy) is 10. The number of hydrogen-bond donors (Lipinski definition) is 13. The second kappa shape index (κ2) is 61.4. The van der Waals surface area contributed by atoms with E-state index in [1.165, 1.54) is 44.5 Å². The van der Waals surface area contributed by atoms with Crippen LogP contribution < -0.4 is 50.8 Å². The van der Waals surface area contributed by atoms with Crippen molar-refractivity contribution in [2.45, 2.75) is 203 Å². The molecule has 0 aliphatic heterocycles. The molecule has 0 saturated carbocycles. The number of rotatable bonds is 34. The van der Waals surface area contributed by atoms with Gasteiger partial charge in [0.15, 0.2) is 8.32 Å². The van der Waals surface area contributed by atoms with Crippen molar-refractivity contribution < 1.29 is 116 Å². The quantitative estimate of drug-likeness (QED) is 0.0132. The zero-order chi connectivity index (χ0) is 104. The highest BCUT2D eigenvalue weighted by Crippen LogP contribution is 2.46. The standard InChI is InChI=1S/C25H25NO4.C24H23NO4.C15H23NO4.C14H21NO4.C13H19NO3.C12H17NO3.C8H20O2Si.CH4/c27-15-16-29-24-12-6-1-7-18(24)13-14-26-25(28)30-17-23-21-10-4-2-8-19(21)20-9-3-5-11-22(20)23;26-13-14-28-23-12-6-1-7-17(23)15-25-24(27)29-16-22-20-10-4-2-8-18(20)19-9-3-5-11-21(19)22;1-15(2,3)20-14(18)16-9-8-12-6-4-5-7-13(12)19-11-10-17;1-14(2,3)19-13(17)15-10-11-6-4-5-7-12(11)18-9-8-16;1-13(2,3)17-12(16)14-9-8-10-6-4-5-7-11(10)15;1-12(2,3)16-11(15)13-8-9-6-4-5-7-10(9)14;1-8(2,3)11(4,5)10-7-6-9;/h1-12,23,27H,13-17H2,(H,26,28);1-12,22,26H,13-16H2,(H,25,27);4-7,17H,8-11H2,1-3H3,(H,16,18);4-7,16H,8-10H2,1-3H3,(H,15,17);4-7,15H,8-9H2,1-3H3,(H,14,16);4-7,14H,8H2,1-3H3,(H,13,15);9H,6-7H2,1-5H3;1H4. The summed E-state index contributed by atoms with van der Waals surface area (Å²) in [6.45, 7) is 36.9. The summed E-state index contributed by atoms with van der Waals surface area (Å²) in [5.41, 5.74) is 12.7. The third kappa shape index (κ3) is 45.2. The normalized spacial score (nSPS) is 11.6. The number of carbonyl (C=O) groups is 6. The van der Waals surface area contributed by atoms with Gasteiger partial charge in [0.05, 0.1) is 39.6 Å². The smallest absolute Gasteiger partial charge is 0.407 e. The fourth-order valence-electron chi connectivity index (χ4n) is 13.8. The zero-order valence-corrected chi connectivity index (χ0v) is 86.2. The molecule has 10 aromatic carbocycles. The molecule has 0 fully saturated rings. The van der Waals surface area contributed by atoms with Gasteiger partial charge in [0.25, 0.3) is 0 Å². The molecule has 13 N–H and O–H groups in total. The lowest BCUT2D eigenvalue weighted by molar-refractivity contribution is 0.0511. The number of fused-ring (bicyclic) bond motifs is 6. The SMILES string of the molecule is C.CC(C)(C)OC(=O)NCCc1ccccc1O.CC(C)(C)OC(=O)NCCc1ccccc1OCCO.CC(C)(C)OC(=O)NCc1ccccc1O.CC(C)(C)OC(=O)NCc1ccccc1OCCO.CC(C)(C)[Si](C)(C)OCCO.O=C(NCCc1ccccc1OCCO)OCC1c2ccccc2-c2ccccc21.O=C(NCc1ccccc1OCCO)OCC1c2ccccc2-c2ccccc21. The molecular formula is C112H152N6O24Si. The summed E-state index contributed by atoms with van der Waals surface area (Å²) in [5.74, 6) is 3.24. The molecule has 0 radical (unpaired) electrons. The van der Waals surface area contributed by atoms with Gasteiger partial charge in [0.2, 0.25) is 0 Å². The van der Waals surface area contributed by atoms with Crippen LogP contribution in [0.5, 0.6) is 34.5 Å². The van der Waals surface area contributed by atoms with E-state index in [4.69, 9.17) is 77.3 Å². The first kappa shape index (κ1) is 120. The first-order valence-electron chi connectivity index (χ1n) is 47.6. The predicted octanol–water partition coefficient (Wildman–Crippen LogP) is 20.0. The number of amides is 6. The molecule has 0 spiro atoms. The number of aliphatic hydroxyl groups is 5. The third-order valence-electron chi connectivity index (χ3n) is 21.2. The molecule has 0 heterocycles. The van der Waals surface area contributed by atoms with Gasteiger partial charge in [-0.3, -0.25) is 0 Å². The summed E-state index contributed by atoms with van der Waals surface area (Å²) < 4.78 is 59.0. The van der Waals surface area contributed by atoms with Crippen LogP contribution in [0.1, 0.15) is 179 Å². The van der Waals surface area contributed by atoms with E-state index >= 15 is 0 Å². The monoisotopic (exact) mass is 1990 g/mol. The molecular weight excluding hydrogens is 1840 g/mol. The van der Waals surface area contributed by atoms with Crippen molar-refractivity contribution in [1.29, 1.82) is 0 Å². The van der Waals surface area contributed by atoms with Crippen LogP contribution in [0, 0.1) is 0 Å². The number of aromatic hydroxyl groups is 2. The Labute approximate surface area is 845 Å².